The number of nitrogens with two attached hydrogens (primary N) is 1. The molecule has 3 N–H and O–H groups in total. The summed E-state index contributed by atoms with van der Waals surface area (Å²) < 4.78 is 10.3. The van der Waals surface area contributed by atoms with E-state index in [-0.39, 0.29) is 12.6 Å². The van der Waals surface area contributed by atoms with Crippen molar-refractivity contribution in [3.8, 4) is 5.75 Å². The van der Waals surface area contributed by atoms with Gasteiger partial charge >= 0.3 is 0 Å². The SMILES string of the molecule is COCOc1c(C)cc(C(=N)N)cc1C. The molecule has 0 aromatic heterocycles. The summed E-state index contributed by atoms with van der Waals surface area (Å²) in [5.41, 5.74) is 8.05. The number of rotatable bonds is 4. The zero-order valence-electron chi connectivity index (χ0n) is 9.26. The quantitative estimate of drug-likeness (QED) is 0.448. The fraction of sp³-hybridized carbons (Fsp3) is 0.364. The Morgan fingerprint density at radius 2 is 1.87 bits per heavy atom. The van der Waals surface area contributed by atoms with Gasteiger partial charge in [0, 0.05) is 12.7 Å². The third kappa shape index (κ3) is 2.70. The summed E-state index contributed by atoms with van der Waals surface area (Å²) in [6.45, 7) is 4.07. The van der Waals surface area contributed by atoms with Crippen LogP contribution in [0.2, 0.25) is 0 Å². The largest absolute Gasteiger partial charge is 0.467 e. The molecule has 0 aliphatic rings. The van der Waals surface area contributed by atoms with Crippen molar-refractivity contribution in [2.24, 2.45) is 5.73 Å². The Morgan fingerprint density at radius 1 is 1.33 bits per heavy atom. The second-order valence-electron chi connectivity index (χ2n) is 3.40. The van der Waals surface area contributed by atoms with Gasteiger partial charge in [-0.3, -0.25) is 5.41 Å². The molecule has 0 radical (unpaired) electrons. The lowest BCUT2D eigenvalue weighted by Crippen LogP contribution is -2.12. The number of ether oxygens (including phenoxy) is 2. The molecular weight excluding hydrogens is 192 g/mol. The standard InChI is InChI=1S/C11H16N2O2/c1-7-4-9(11(12)13)5-8(2)10(7)15-6-14-3/h4-5H,6H2,1-3H3,(H3,12,13). The summed E-state index contributed by atoms with van der Waals surface area (Å²) in [6.07, 6.45) is 0. The van der Waals surface area contributed by atoms with Gasteiger partial charge in [0.15, 0.2) is 6.79 Å². The molecule has 0 bridgehead atoms. The molecule has 15 heavy (non-hydrogen) atoms. The summed E-state index contributed by atoms with van der Waals surface area (Å²) in [6, 6.07) is 3.67. The van der Waals surface area contributed by atoms with Gasteiger partial charge in [-0.15, -0.1) is 0 Å². The topological polar surface area (TPSA) is 68.3 Å². The minimum atomic E-state index is 0.0690. The number of methoxy groups -OCH3 is 1. The fourth-order valence-electron chi connectivity index (χ4n) is 1.45. The Balaban J connectivity index is 3.04. The molecule has 1 aromatic carbocycles. The van der Waals surface area contributed by atoms with Crippen molar-refractivity contribution in [3.05, 3.63) is 28.8 Å². The van der Waals surface area contributed by atoms with E-state index >= 15 is 0 Å². The minimum absolute atomic E-state index is 0.0690. The van der Waals surface area contributed by atoms with Crippen molar-refractivity contribution >= 4 is 5.84 Å². The van der Waals surface area contributed by atoms with Crippen molar-refractivity contribution in [1.82, 2.24) is 0 Å². The van der Waals surface area contributed by atoms with E-state index in [9.17, 15) is 0 Å². The van der Waals surface area contributed by atoms with Crippen LogP contribution in [0.3, 0.4) is 0 Å². The van der Waals surface area contributed by atoms with Crippen molar-refractivity contribution in [2.45, 2.75) is 13.8 Å². The van der Waals surface area contributed by atoms with Gasteiger partial charge in [-0.25, -0.2) is 0 Å². The van der Waals surface area contributed by atoms with Crippen LogP contribution in [0.4, 0.5) is 0 Å². The zero-order chi connectivity index (χ0) is 11.4. The lowest BCUT2D eigenvalue weighted by atomic mass is 10.1. The molecule has 0 saturated heterocycles. The number of hydrogen-bond acceptors (Lipinski definition) is 3. The predicted molar refractivity (Wildman–Crippen MR) is 59.4 cm³/mol. The molecule has 0 spiro atoms. The molecule has 82 valence electrons. The van der Waals surface area contributed by atoms with Crippen LogP contribution in [0.1, 0.15) is 16.7 Å². The van der Waals surface area contributed by atoms with Crippen LogP contribution in [0.15, 0.2) is 12.1 Å². The predicted octanol–water partition coefficient (Wildman–Crippen LogP) is 1.57. The molecule has 0 saturated carbocycles. The molecule has 0 fully saturated rings. The molecular formula is C11H16N2O2. The summed E-state index contributed by atoms with van der Waals surface area (Å²) in [5.74, 6) is 0.862. The van der Waals surface area contributed by atoms with Crippen LogP contribution in [0.25, 0.3) is 0 Å². The average molecular weight is 208 g/mol. The molecule has 4 nitrogen and oxygen atoms in total. The number of amidine groups is 1. The van der Waals surface area contributed by atoms with Crippen LogP contribution in [-0.2, 0) is 4.74 Å². The number of hydrogen-bond donors (Lipinski definition) is 2. The van der Waals surface area contributed by atoms with Gasteiger partial charge in [-0.2, -0.15) is 0 Å². The van der Waals surface area contributed by atoms with E-state index in [1.807, 2.05) is 26.0 Å². The zero-order valence-corrected chi connectivity index (χ0v) is 9.26. The molecule has 0 aliphatic carbocycles. The first-order chi connectivity index (χ1) is 7.06. The maximum atomic E-state index is 7.35. The third-order valence-corrected chi connectivity index (χ3v) is 2.09. The summed E-state index contributed by atoms with van der Waals surface area (Å²) in [4.78, 5) is 0. The first-order valence-corrected chi connectivity index (χ1v) is 4.63. The maximum Gasteiger partial charge on any atom is 0.188 e. The first kappa shape index (κ1) is 11.5. The molecule has 1 aromatic rings. The summed E-state index contributed by atoms with van der Waals surface area (Å²) in [7, 11) is 1.58. The third-order valence-electron chi connectivity index (χ3n) is 2.09. The van der Waals surface area contributed by atoms with Gasteiger partial charge in [0.05, 0.1) is 0 Å². The van der Waals surface area contributed by atoms with Crippen LogP contribution >= 0.6 is 0 Å². The van der Waals surface area contributed by atoms with Gasteiger partial charge in [0.2, 0.25) is 0 Å². The number of benzene rings is 1. The van der Waals surface area contributed by atoms with Crippen molar-refractivity contribution < 1.29 is 9.47 Å². The highest BCUT2D eigenvalue weighted by Crippen LogP contribution is 2.24. The van der Waals surface area contributed by atoms with E-state index in [2.05, 4.69) is 0 Å². The van der Waals surface area contributed by atoms with Gasteiger partial charge in [0.25, 0.3) is 0 Å². The molecule has 0 amide bonds. The molecule has 0 heterocycles. The number of nitrogens with one attached hydrogen (secondary N) is 1. The van der Waals surface area contributed by atoms with Gasteiger partial charge in [-0.1, -0.05) is 0 Å². The number of aryl methyl sites for hydroxylation is 2. The Bertz CT molecular complexity index is 352. The van der Waals surface area contributed by atoms with Crippen LogP contribution in [-0.4, -0.2) is 19.7 Å². The van der Waals surface area contributed by atoms with E-state index in [1.54, 1.807) is 7.11 Å². The fourth-order valence-corrected chi connectivity index (χ4v) is 1.45. The number of nitrogen functional groups attached to an aromatic ring is 1. The smallest absolute Gasteiger partial charge is 0.188 e. The summed E-state index contributed by atoms with van der Waals surface area (Å²) in [5, 5.41) is 7.35. The Kier molecular flexibility index (Phi) is 3.68. The minimum Gasteiger partial charge on any atom is -0.467 e. The Morgan fingerprint density at radius 3 is 2.27 bits per heavy atom. The normalized spacial score (nSPS) is 10.1. The summed E-state index contributed by atoms with van der Waals surface area (Å²) >= 11 is 0. The Labute approximate surface area is 89.5 Å². The second kappa shape index (κ2) is 4.79. The van der Waals surface area contributed by atoms with Gasteiger partial charge < -0.3 is 15.2 Å². The van der Waals surface area contributed by atoms with Crippen molar-refractivity contribution in [3.63, 3.8) is 0 Å². The Hall–Kier alpha value is -1.55. The van der Waals surface area contributed by atoms with Crippen molar-refractivity contribution in [1.29, 1.82) is 5.41 Å². The second-order valence-corrected chi connectivity index (χ2v) is 3.40. The van der Waals surface area contributed by atoms with E-state index in [0.29, 0.717) is 0 Å². The average Bonchev–Trinajstić information content (AvgIpc) is 2.16. The molecule has 0 aliphatic heterocycles. The molecule has 4 heteroatoms. The lowest BCUT2D eigenvalue weighted by molar-refractivity contribution is 0.0501. The van der Waals surface area contributed by atoms with Crippen molar-refractivity contribution in [2.75, 3.05) is 13.9 Å². The van der Waals surface area contributed by atoms with Crippen LogP contribution in [0.5, 0.6) is 5.75 Å². The van der Waals surface area contributed by atoms with E-state index in [1.165, 1.54) is 0 Å². The highest BCUT2D eigenvalue weighted by molar-refractivity contribution is 5.95. The van der Waals surface area contributed by atoms with E-state index in [0.717, 1.165) is 22.4 Å². The highest BCUT2D eigenvalue weighted by Gasteiger charge is 2.07. The molecule has 0 unspecified atom stereocenters. The van der Waals surface area contributed by atoms with E-state index < -0.39 is 0 Å². The van der Waals surface area contributed by atoms with Gasteiger partial charge in [0.1, 0.15) is 11.6 Å². The van der Waals surface area contributed by atoms with Gasteiger partial charge in [-0.05, 0) is 37.1 Å². The monoisotopic (exact) mass is 208 g/mol. The molecule has 1 rings (SSSR count). The first-order valence-electron chi connectivity index (χ1n) is 4.63. The van der Waals surface area contributed by atoms with E-state index in [4.69, 9.17) is 20.6 Å². The highest BCUT2D eigenvalue weighted by atomic mass is 16.7. The van der Waals surface area contributed by atoms with Crippen LogP contribution in [0, 0.1) is 19.3 Å². The lowest BCUT2D eigenvalue weighted by Gasteiger charge is -2.12. The maximum absolute atomic E-state index is 7.35. The molecule has 0 atom stereocenters. The van der Waals surface area contributed by atoms with Crippen LogP contribution < -0.4 is 10.5 Å².